The van der Waals surface area contributed by atoms with Crippen LogP contribution in [0.25, 0.3) is 0 Å². The fourth-order valence-electron chi connectivity index (χ4n) is 0.822. The Morgan fingerprint density at radius 1 is 1.50 bits per heavy atom. The van der Waals surface area contributed by atoms with Crippen LogP contribution in [0.4, 0.5) is 0 Å². The molecule has 0 bridgehead atoms. The summed E-state index contributed by atoms with van der Waals surface area (Å²) in [5.74, 6) is 0.144. The van der Waals surface area contributed by atoms with Crippen LogP contribution in [-0.4, -0.2) is 37.0 Å². The summed E-state index contributed by atoms with van der Waals surface area (Å²) in [6, 6.07) is 0.513. The van der Waals surface area contributed by atoms with Crippen LogP contribution in [0.5, 0.6) is 0 Å². The van der Waals surface area contributed by atoms with E-state index in [0.29, 0.717) is 12.5 Å². The molecule has 0 aromatic heterocycles. The predicted molar refractivity (Wildman–Crippen MR) is 51.1 cm³/mol. The van der Waals surface area contributed by atoms with Crippen molar-refractivity contribution >= 4 is 5.91 Å². The predicted octanol–water partition coefficient (Wildman–Crippen LogP) is 0.853. The van der Waals surface area contributed by atoms with E-state index in [-0.39, 0.29) is 5.91 Å². The largest absolute Gasteiger partial charge is 0.356 e. The van der Waals surface area contributed by atoms with Gasteiger partial charge >= 0.3 is 0 Å². The van der Waals surface area contributed by atoms with Gasteiger partial charge in [-0.25, -0.2) is 0 Å². The van der Waals surface area contributed by atoms with Crippen LogP contribution in [0.3, 0.4) is 0 Å². The highest BCUT2D eigenvalue weighted by Crippen LogP contribution is 1.94. The minimum Gasteiger partial charge on any atom is -0.356 e. The van der Waals surface area contributed by atoms with E-state index in [1.165, 1.54) is 0 Å². The summed E-state index contributed by atoms with van der Waals surface area (Å²) in [4.78, 5) is 13.2. The molecule has 72 valence electrons. The first-order chi connectivity index (χ1) is 5.57. The molecule has 0 aliphatic heterocycles. The topological polar surface area (TPSA) is 32.3 Å². The van der Waals surface area contributed by atoms with E-state index in [2.05, 4.69) is 24.1 Å². The number of nitrogens with one attached hydrogen (secondary N) is 1. The van der Waals surface area contributed by atoms with Gasteiger partial charge in [0.1, 0.15) is 0 Å². The lowest BCUT2D eigenvalue weighted by Crippen LogP contribution is -2.32. The maximum Gasteiger partial charge on any atom is 0.221 e. The van der Waals surface area contributed by atoms with Crippen LogP contribution in [0.2, 0.25) is 0 Å². The van der Waals surface area contributed by atoms with Crippen molar-refractivity contribution in [1.82, 2.24) is 10.2 Å². The molecule has 0 atom stereocenters. The first-order valence-corrected chi connectivity index (χ1v) is 4.54. The van der Waals surface area contributed by atoms with Crippen molar-refractivity contribution in [3.8, 4) is 0 Å². The summed E-state index contributed by atoms with van der Waals surface area (Å²) in [6.45, 7) is 7.74. The standard InChI is InChI=1S/C9H20N2O/c1-5-10-9(12)6-7-11(4)8(2)3/h8H,5-7H2,1-4H3,(H,10,12). The van der Waals surface area contributed by atoms with Gasteiger partial charge in [-0.05, 0) is 27.8 Å². The number of hydrogen-bond donors (Lipinski definition) is 1. The number of rotatable bonds is 5. The van der Waals surface area contributed by atoms with Crippen molar-refractivity contribution in [2.45, 2.75) is 33.2 Å². The van der Waals surface area contributed by atoms with E-state index >= 15 is 0 Å². The number of hydrogen-bond acceptors (Lipinski definition) is 2. The fraction of sp³-hybridized carbons (Fsp3) is 0.889. The molecule has 0 saturated carbocycles. The molecule has 0 aromatic rings. The van der Waals surface area contributed by atoms with Crippen molar-refractivity contribution in [3.63, 3.8) is 0 Å². The Hall–Kier alpha value is -0.570. The second-order valence-electron chi connectivity index (χ2n) is 3.28. The smallest absolute Gasteiger partial charge is 0.221 e. The summed E-state index contributed by atoms with van der Waals surface area (Å²) in [5, 5.41) is 2.77. The van der Waals surface area contributed by atoms with E-state index in [9.17, 15) is 4.79 Å². The Labute approximate surface area is 75.1 Å². The molecule has 0 fully saturated rings. The molecule has 0 aliphatic carbocycles. The normalized spacial score (nSPS) is 10.8. The third-order valence-electron chi connectivity index (χ3n) is 1.95. The molecular weight excluding hydrogens is 152 g/mol. The van der Waals surface area contributed by atoms with Crippen molar-refractivity contribution in [1.29, 1.82) is 0 Å². The molecule has 0 aromatic carbocycles. The van der Waals surface area contributed by atoms with E-state index in [0.717, 1.165) is 13.1 Å². The molecular formula is C9H20N2O. The summed E-state index contributed by atoms with van der Waals surface area (Å²) in [5.41, 5.74) is 0. The molecule has 0 saturated heterocycles. The van der Waals surface area contributed by atoms with Gasteiger partial charge in [-0.2, -0.15) is 0 Å². The Morgan fingerprint density at radius 3 is 2.50 bits per heavy atom. The van der Waals surface area contributed by atoms with Crippen LogP contribution < -0.4 is 5.32 Å². The number of amides is 1. The highest BCUT2D eigenvalue weighted by atomic mass is 16.1. The van der Waals surface area contributed by atoms with Crippen LogP contribution in [-0.2, 0) is 4.79 Å². The molecule has 1 N–H and O–H groups in total. The number of carbonyl (C=O) groups is 1. The lowest BCUT2D eigenvalue weighted by Gasteiger charge is -2.20. The fourth-order valence-corrected chi connectivity index (χ4v) is 0.822. The molecule has 0 aliphatic rings. The molecule has 0 rings (SSSR count). The summed E-state index contributed by atoms with van der Waals surface area (Å²) < 4.78 is 0. The van der Waals surface area contributed by atoms with Crippen LogP contribution in [0, 0.1) is 0 Å². The number of nitrogens with zero attached hydrogens (tertiary/aromatic N) is 1. The second kappa shape index (κ2) is 6.00. The first kappa shape index (κ1) is 11.4. The molecule has 3 nitrogen and oxygen atoms in total. The Balaban J connectivity index is 3.47. The molecule has 0 heterocycles. The summed E-state index contributed by atoms with van der Waals surface area (Å²) in [6.07, 6.45) is 0.600. The van der Waals surface area contributed by atoms with Crippen molar-refractivity contribution < 1.29 is 4.79 Å². The van der Waals surface area contributed by atoms with E-state index in [1.807, 2.05) is 14.0 Å². The minimum atomic E-state index is 0.144. The molecule has 1 amide bonds. The highest BCUT2D eigenvalue weighted by Gasteiger charge is 2.05. The van der Waals surface area contributed by atoms with Crippen molar-refractivity contribution in [2.24, 2.45) is 0 Å². The minimum absolute atomic E-state index is 0.144. The SMILES string of the molecule is CCNC(=O)CCN(C)C(C)C. The molecule has 12 heavy (non-hydrogen) atoms. The van der Waals surface area contributed by atoms with Gasteiger partial charge in [-0.15, -0.1) is 0 Å². The Bertz CT molecular complexity index is 134. The van der Waals surface area contributed by atoms with Gasteiger partial charge in [-0.3, -0.25) is 4.79 Å². The lowest BCUT2D eigenvalue weighted by molar-refractivity contribution is -0.121. The Kier molecular flexibility index (Phi) is 5.72. The Morgan fingerprint density at radius 2 is 2.08 bits per heavy atom. The maximum atomic E-state index is 11.0. The summed E-state index contributed by atoms with van der Waals surface area (Å²) in [7, 11) is 2.03. The third-order valence-corrected chi connectivity index (χ3v) is 1.95. The maximum absolute atomic E-state index is 11.0. The zero-order valence-corrected chi connectivity index (χ0v) is 8.55. The van der Waals surface area contributed by atoms with E-state index in [1.54, 1.807) is 0 Å². The molecule has 0 radical (unpaired) electrons. The van der Waals surface area contributed by atoms with Gasteiger partial charge in [0.2, 0.25) is 5.91 Å². The molecule has 3 heteroatoms. The summed E-state index contributed by atoms with van der Waals surface area (Å²) >= 11 is 0. The van der Waals surface area contributed by atoms with Crippen LogP contribution in [0.15, 0.2) is 0 Å². The van der Waals surface area contributed by atoms with Crippen LogP contribution in [0.1, 0.15) is 27.2 Å². The van der Waals surface area contributed by atoms with Gasteiger partial charge in [0, 0.05) is 25.6 Å². The second-order valence-corrected chi connectivity index (χ2v) is 3.28. The van der Waals surface area contributed by atoms with E-state index < -0.39 is 0 Å². The van der Waals surface area contributed by atoms with E-state index in [4.69, 9.17) is 0 Å². The van der Waals surface area contributed by atoms with Gasteiger partial charge in [0.15, 0.2) is 0 Å². The zero-order chi connectivity index (χ0) is 9.56. The van der Waals surface area contributed by atoms with Crippen LogP contribution >= 0.6 is 0 Å². The lowest BCUT2D eigenvalue weighted by atomic mass is 10.3. The van der Waals surface area contributed by atoms with Crippen molar-refractivity contribution in [3.05, 3.63) is 0 Å². The third kappa shape index (κ3) is 5.13. The quantitative estimate of drug-likeness (QED) is 0.667. The molecule has 0 spiro atoms. The number of carbonyl (C=O) groups excluding carboxylic acids is 1. The van der Waals surface area contributed by atoms with Gasteiger partial charge in [0.25, 0.3) is 0 Å². The monoisotopic (exact) mass is 172 g/mol. The van der Waals surface area contributed by atoms with Gasteiger partial charge in [0.05, 0.1) is 0 Å². The molecule has 0 unspecified atom stereocenters. The zero-order valence-electron chi connectivity index (χ0n) is 8.55. The first-order valence-electron chi connectivity index (χ1n) is 4.54. The van der Waals surface area contributed by atoms with Gasteiger partial charge < -0.3 is 10.2 Å². The average Bonchev–Trinajstić information content (AvgIpc) is 2.00. The average molecular weight is 172 g/mol. The highest BCUT2D eigenvalue weighted by molar-refractivity contribution is 5.75. The van der Waals surface area contributed by atoms with Crippen molar-refractivity contribution in [2.75, 3.05) is 20.1 Å². The van der Waals surface area contributed by atoms with Gasteiger partial charge in [-0.1, -0.05) is 0 Å².